The molecule has 34 heavy (non-hydrogen) atoms. The maximum absolute atomic E-state index is 12.9. The van der Waals surface area contributed by atoms with E-state index in [4.69, 9.17) is 9.47 Å². The summed E-state index contributed by atoms with van der Waals surface area (Å²) in [6.45, 7) is 7.89. The average molecular weight is 470 g/mol. The first kappa shape index (κ1) is 23.9. The molecule has 2 aliphatic heterocycles. The van der Waals surface area contributed by atoms with Gasteiger partial charge in [-0.05, 0) is 25.8 Å². The van der Waals surface area contributed by atoms with E-state index in [1.165, 1.54) is 6.20 Å². The van der Waals surface area contributed by atoms with E-state index >= 15 is 0 Å². The van der Waals surface area contributed by atoms with Gasteiger partial charge in [0.05, 0.1) is 38.2 Å². The van der Waals surface area contributed by atoms with Crippen LogP contribution in [0.1, 0.15) is 30.1 Å². The number of hydrogen-bond acceptors (Lipinski definition) is 8. The Hall–Kier alpha value is -3.28. The number of nitrogens with one attached hydrogen (secondary N) is 3. The molecule has 3 atom stereocenters. The third-order valence-corrected chi connectivity index (χ3v) is 5.82. The molecule has 0 saturated carbocycles. The van der Waals surface area contributed by atoms with Crippen molar-refractivity contribution in [2.24, 2.45) is 10.9 Å². The lowest BCUT2D eigenvalue weighted by molar-refractivity contribution is 0.0671. The predicted octanol–water partition coefficient (Wildman–Crippen LogP) is 1.59. The molecule has 0 aromatic carbocycles. The third-order valence-electron chi connectivity index (χ3n) is 5.82. The van der Waals surface area contributed by atoms with E-state index < -0.39 is 12.1 Å². The predicted molar refractivity (Wildman–Crippen MR) is 129 cm³/mol. The molecular formula is C23H31N7O4. The Morgan fingerprint density at radius 2 is 2.21 bits per heavy atom. The van der Waals surface area contributed by atoms with Gasteiger partial charge in [-0.3, -0.25) is 4.79 Å². The fourth-order valence-electron chi connectivity index (χ4n) is 3.94. The smallest absolute Gasteiger partial charge is 0.257 e. The van der Waals surface area contributed by atoms with Gasteiger partial charge in [-0.2, -0.15) is 9.61 Å². The monoisotopic (exact) mass is 469 g/mol. The first-order chi connectivity index (χ1) is 16.5. The molecule has 0 bridgehead atoms. The Labute approximate surface area is 197 Å². The lowest BCUT2D eigenvalue weighted by Gasteiger charge is -2.22. The highest BCUT2D eigenvalue weighted by atomic mass is 16.5. The van der Waals surface area contributed by atoms with Crippen molar-refractivity contribution in [2.45, 2.75) is 31.9 Å². The molecule has 4 N–H and O–H groups in total. The number of amides is 1. The lowest BCUT2D eigenvalue weighted by atomic mass is 10.00. The Balaban J connectivity index is 1.61. The minimum Gasteiger partial charge on any atom is -0.388 e. The van der Waals surface area contributed by atoms with Crippen LogP contribution in [-0.4, -0.2) is 77.1 Å². The Morgan fingerprint density at radius 1 is 1.35 bits per heavy atom. The van der Waals surface area contributed by atoms with E-state index in [0.29, 0.717) is 29.7 Å². The molecule has 11 heteroatoms. The van der Waals surface area contributed by atoms with Crippen LogP contribution < -0.4 is 16.0 Å². The van der Waals surface area contributed by atoms with Gasteiger partial charge in [0.15, 0.2) is 5.65 Å². The number of carbonyl (C=O) groups is 1. The number of amidine groups is 1. The van der Waals surface area contributed by atoms with Crippen molar-refractivity contribution in [1.82, 2.24) is 19.9 Å². The highest BCUT2D eigenvalue weighted by Crippen LogP contribution is 2.23. The van der Waals surface area contributed by atoms with Gasteiger partial charge >= 0.3 is 0 Å². The summed E-state index contributed by atoms with van der Waals surface area (Å²) in [6, 6.07) is 1.30. The number of aliphatic hydroxyl groups excluding tert-OH is 1. The van der Waals surface area contributed by atoms with Crippen molar-refractivity contribution in [3.8, 4) is 0 Å². The van der Waals surface area contributed by atoms with Gasteiger partial charge in [0.25, 0.3) is 5.91 Å². The lowest BCUT2D eigenvalue weighted by Crippen LogP contribution is -2.42. The summed E-state index contributed by atoms with van der Waals surface area (Å²) in [7, 11) is 1.76. The third kappa shape index (κ3) is 5.27. The minimum absolute atomic E-state index is 0.180. The quantitative estimate of drug-likeness (QED) is 0.355. The largest absolute Gasteiger partial charge is 0.388 e. The summed E-state index contributed by atoms with van der Waals surface area (Å²) in [5.74, 6) is 1.49. The van der Waals surface area contributed by atoms with E-state index in [-0.39, 0.29) is 30.6 Å². The van der Waals surface area contributed by atoms with Gasteiger partial charge in [0.2, 0.25) is 0 Å². The number of nitrogens with zero attached hydrogens (tertiary/aromatic N) is 4. The molecule has 1 amide bonds. The molecule has 182 valence electrons. The topological polar surface area (TPSA) is 134 Å². The van der Waals surface area contributed by atoms with Crippen molar-refractivity contribution < 1.29 is 19.4 Å². The minimum atomic E-state index is -0.744. The molecule has 0 unspecified atom stereocenters. The van der Waals surface area contributed by atoms with Crippen LogP contribution in [0.5, 0.6) is 0 Å². The van der Waals surface area contributed by atoms with Crippen LogP contribution in [0.25, 0.3) is 5.65 Å². The highest BCUT2D eigenvalue weighted by molar-refractivity contribution is 6.04. The highest BCUT2D eigenvalue weighted by Gasteiger charge is 2.29. The van der Waals surface area contributed by atoms with E-state index in [0.717, 1.165) is 25.1 Å². The molecule has 4 rings (SSSR count). The number of anilines is 2. The first-order valence-corrected chi connectivity index (χ1v) is 11.4. The average Bonchev–Trinajstić information content (AvgIpc) is 3.45. The fraction of sp³-hybridized carbons (Fsp3) is 0.478. The molecule has 11 nitrogen and oxygen atoms in total. The Morgan fingerprint density at radius 3 is 2.88 bits per heavy atom. The molecule has 4 heterocycles. The fourth-order valence-corrected chi connectivity index (χ4v) is 3.94. The number of aromatic nitrogens is 3. The van der Waals surface area contributed by atoms with E-state index in [2.05, 4.69) is 37.6 Å². The number of hydrogen-bond donors (Lipinski definition) is 4. The summed E-state index contributed by atoms with van der Waals surface area (Å²) in [5.41, 5.74) is 1.39. The van der Waals surface area contributed by atoms with Gasteiger partial charge < -0.3 is 30.5 Å². The maximum atomic E-state index is 12.9. The molecule has 0 radical (unpaired) electrons. The molecular weight excluding hydrogens is 438 g/mol. The molecule has 2 aliphatic rings. The Kier molecular flexibility index (Phi) is 7.56. The van der Waals surface area contributed by atoms with Crippen LogP contribution in [0, 0.1) is 5.92 Å². The second-order valence-electron chi connectivity index (χ2n) is 8.28. The van der Waals surface area contributed by atoms with Gasteiger partial charge in [-0.15, -0.1) is 0 Å². The summed E-state index contributed by atoms with van der Waals surface area (Å²) in [4.78, 5) is 22.2. The zero-order valence-electron chi connectivity index (χ0n) is 19.5. The van der Waals surface area contributed by atoms with Gasteiger partial charge in [-0.25, -0.2) is 9.98 Å². The standard InChI is InChI=1S/C23H31N7O4/c1-4-6-19(26-14(2)15-7-5-8-33-11-15)28-20-9-21(24-3)30-22(29-20)16(10-25-30)23(32)27-17-12-34-13-18(17)31/h4,6,9-10,15,17-18,24,31H,2,5,7-8,11-13H2,1,3H3,(H,27,32)(H,26,28,29)/b6-4-/t15-,17+,18-/m0/s1. The number of carbonyl (C=O) groups excluding carboxylic acids is 1. The molecule has 2 aromatic rings. The van der Waals surface area contributed by atoms with Crippen LogP contribution in [-0.2, 0) is 9.47 Å². The van der Waals surface area contributed by atoms with Crippen molar-refractivity contribution in [3.63, 3.8) is 0 Å². The molecule has 2 fully saturated rings. The normalized spacial score (nSPS) is 23.4. The summed E-state index contributed by atoms with van der Waals surface area (Å²) < 4.78 is 12.3. The van der Waals surface area contributed by atoms with E-state index in [9.17, 15) is 9.90 Å². The maximum Gasteiger partial charge on any atom is 0.257 e. The van der Waals surface area contributed by atoms with Crippen LogP contribution in [0.2, 0.25) is 0 Å². The van der Waals surface area contributed by atoms with Gasteiger partial charge in [0, 0.05) is 31.3 Å². The number of allylic oxidation sites excluding steroid dienone is 1. The van der Waals surface area contributed by atoms with Crippen LogP contribution in [0.3, 0.4) is 0 Å². The second-order valence-corrected chi connectivity index (χ2v) is 8.28. The molecule has 2 saturated heterocycles. The van der Waals surface area contributed by atoms with E-state index in [1.54, 1.807) is 17.6 Å². The number of aliphatic imine (C=N–C) groups is 1. The summed E-state index contributed by atoms with van der Waals surface area (Å²) >= 11 is 0. The van der Waals surface area contributed by atoms with Crippen LogP contribution in [0.15, 0.2) is 41.7 Å². The van der Waals surface area contributed by atoms with E-state index in [1.807, 2.05) is 19.1 Å². The Bertz CT molecular complexity index is 1100. The molecule has 0 aliphatic carbocycles. The van der Waals surface area contributed by atoms with Crippen molar-refractivity contribution >= 4 is 29.0 Å². The number of fused-ring (bicyclic) bond motifs is 1. The number of rotatable bonds is 7. The summed E-state index contributed by atoms with van der Waals surface area (Å²) in [5, 5.41) is 23.4. The molecule has 0 spiro atoms. The zero-order chi connectivity index (χ0) is 24.1. The van der Waals surface area contributed by atoms with Crippen LogP contribution in [0.4, 0.5) is 11.6 Å². The van der Waals surface area contributed by atoms with Crippen molar-refractivity contribution in [2.75, 3.05) is 44.1 Å². The van der Waals surface area contributed by atoms with Crippen molar-refractivity contribution in [1.29, 1.82) is 0 Å². The SMILES string of the molecule is C=C(/N=C(\C=C/C)Nc1cc(NC)n2ncc(C(=O)N[C@@H]3COC[C@@H]3O)c2n1)[C@H]1CCCOC1. The molecule has 2 aromatic heterocycles. The first-order valence-electron chi connectivity index (χ1n) is 11.4. The summed E-state index contributed by atoms with van der Waals surface area (Å²) in [6.07, 6.45) is 6.41. The zero-order valence-corrected chi connectivity index (χ0v) is 19.5. The van der Waals surface area contributed by atoms with Gasteiger partial charge in [0.1, 0.15) is 23.0 Å². The van der Waals surface area contributed by atoms with Gasteiger partial charge in [-0.1, -0.05) is 12.7 Å². The second kappa shape index (κ2) is 10.8. The van der Waals surface area contributed by atoms with Crippen LogP contribution >= 0.6 is 0 Å². The van der Waals surface area contributed by atoms with Crippen molar-refractivity contribution in [3.05, 3.63) is 42.3 Å². The number of aliphatic hydroxyl groups is 1. The number of ether oxygens (including phenoxy) is 2.